The third kappa shape index (κ3) is 3.40. The van der Waals surface area contributed by atoms with Crippen LogP contribution in [0.2, 0.25) is 0 Å². The van der Waals surface area contributed by atoms with Gasteiger partial charge in [-0.1, -0.05) is 0 Å². The average Bonchev–Trinajstić information content (AvgIpc) is 2.24. The van der Waals surface area contributed by atoms with Crippen LogP contribution in [-0.2, 0) is 0 Å². The Labute approximate surface area is 82.5 Å². The van der Waals surface area contributed by atoms with E-state index in [0.717, 1.165) is 7.11 Å². The first-order valence-electron chi connectivity index (χ1n) is 4.08. The van der Waals surface area contributed by atoms with Crippen LogP contribution in [0.15, 0.2) is 23.4 Å². The SMILES string of the molecule is CCOc1ccc(N=O)cc1N.CO. The van der Waals surface area contributed by atoms with Gasteiger partial charge >= 0.3 is 0 Å². The van der Waals surface area contributed by atoms with Gasteiger partial charge in [0.05, 0.1) is 12.3 Å². The van der Waals surface area contributed by atoms with Gasteiger partial charge in [-0.25, -0.2) is 0 Å². The molecule has 0 radical (unpaired) electrons. The first-order chi connectivity index (χ1) is 6.77. The number of nitrogens with two attached hydrogens (primary N) is 1. The number of hydrogen-bond acceptors (Lipinski definition) is 5. The molecule has 0 aromatic heterocycles. The molecule has 1 aromatic carbocycles. The molecule has 14 heavy (non-hydrogen) atoms. The number of aliphatic hydroxyl groups is 1. The van der Waals surface area contributed by atoms with Crippen molar-refractivity contribution in [2.75, 3.05) is 19.5 Å². The Morgan fingerprint density at radius 3 is 2.57 bits per heavy atom. The predicted octanol–water partition coefficient (Wildman–Crippen LogP) is 1.67. The van der Waals surface area contributed by atoms with Crippen LogP contribution in [0.25, 0.3) is 0 Å². The first-order valence-corrected chi connectivity index (χ1v) is 4.08. The highest BCUT2D eigenvalue weighted by atomic mass is 16.5. The molecule has 0 saturated heterocycles. The molecule has 0 amide bonds. The highest BCUT2D eigenvalue weighted by Gasteiger charge is 2.00. The highest BCUT2D eigenvalue weighted by molar-refractivity contribution is 5.60. The van der Waals surface area contributed by atoms with Crippen molar-refractivity contribution in [2.45, 2.75) is 6.92 Å². The summed E-state index contributed by atoms with van der Waals surface area (Å²) in [5.74, 6) is 0.588. The largest absolute Gasteiger partial charge is 0.492 e. The topological polar surface area (TPSA) is 84.9 Å². The summed E-state index contributed by atoms with van der Waals surface area (Å²) in [4.78, 5) is 10.1. The fourth-order valence-corrected chi connectivity index (χ4v) is 0.880. The molecule has 78 valence electrons. The molecule has 0 heterocycles. The van der Waals surface area contributed by atoms with Crippen LogP contribution in [0, 0.1) is 4.91 Å². The van der Waals surface area contributed by atoms with E-state index in [2.05, 4.69) is 5.18 Å². The van der Waals surface area contributed by atoms with E-state index in [0.29, 0.717) is 23.7 Å². The van der Waals surface area contributed by atoms with Crippen molar-refractivity contribution in [3.63, 3.8) is 0 Å². The second-order valence-corrected chi connectivity index (χ2v) is 2.25. The number of aliphatic hydroxyl groups excluding tert-OH is 1. The van der Waals surface area contributed by atoms with E-state index < -0.39 is 0 Å². The summed E-state index contributed by atoms with van der Waals surface area (Å²) in [5.41, 5.74) is 6.31. The molecule has 0 bridgehead atoms. The number of nitrogens with zero attached hydrogens (tertiary/aromatic N) is 1. The molecular formula is C9H14N2O3. The Balaban J connectivity index is 0.000000791. The Hall–Kier alpha value is -1.62. The molecule has 0 atom stereocenters. The molecule has 0 fully saturated rings. The minimum atomic E-state index is 0.316. The van der Waals surface area contributed by atoms with Crippen molar-refractivity contribution in [1.29, 1.82) is 0 Å². The maximum Gasteiger partial charge on any atom is 0.142 e. The summed E-state index contributed by atoms with van der Waals surface area (Å²) in [7, 11) is 1.00. The van der Waals surface area contributed by atoms with Crippen LogP contribution in [0.3, 0.4) is 0 Å². The summed E-state index contributed by atoms with van der Waals surface area (Å²) in [6.45, 7) is 2.42. The summed E-state index contributed by atoms with van der Waals surface area (Å²) in [6.07, 6.45) is 0. The average molecular weight is 198 g/mol. The number of nitrogen functional groups attached to an aromatic ring is 1. The van der Waals surface area contributed by atoms with Crippen LogP contribution >= 0.6 is 0 Å². The quantitative estimate of drug-likeness (QED) is 0.571. The van der Waals surface area contributed by atoms with Gasteiger partial charge in [0.1, 0.15) is 11.4 Å². The van der Waals surface area contributed by atoms with Gasteiger partial charge in [0.2, 0.25) is 0 Å². The molecule has 0 aliphatic rings. The van der Waals surface area contributed by atoms with E-state index >= 15 is 0 Å². The Morgan fingerprint density at radius 2 is 2.14 bits per heavy atom. The number of ether oxygens (including phenoxy) is 1. The highest BCUT2D eigenvalue weighted by Crippen LogP contribution is 2.26. The maximum atomic E-state index is 10.1. The normalized spacial score (nSPS) is 8.50. The second kappa shape index (κ2) is 6.85. The van der Waals surface area contributed by atoms with Gasteiger partial charge in [0.25, 0.3) is 0 Å². The van der Waals surface area contributed by atoms with Gasteiger partial charge < -0.3 is 15.6 Å². The van der Waals surface area contributed by atoms with Crippen LogP contribution in [0.1, 0.15) is 6.92 Å². The molecule has 0 saturated carbocycles. The Kier molecular flexibility index (Phi) is 6.06. The molecule has 0 aliphatic carbocycles. The van der Waals surface area contributed by atoms with Crippen molar-refractivity contribution in [2.24, 2.45) is 5.18 Å². The van der Waals surface area contributed by atoms with Crippen molar-refractivity contribution in [3.8, 4) is 5.75 Å². The van der Waals surface area contributed by atoms with Gasteiger partial charge in [-0.2, -0.15) is 0 Å². The third-order valence-electron chi connectivity index (χ3n) is 1.40. The molecule has 0 unspecified atom stereocenters. The lowest BCUT2D eigenvalue weighted by atomic mass is 10.2. The van der Waals surface area contributed by atoms with Gasteiger partial charge in [-0.05, 0) is 30.3 Å². The third-order valence-corrected chi connectivity index (χ3v) is 1.40. The zero-order chi connectivity index (χ0) is 11.0. The minimum absolute atomic E-state index is 0.316. The number of anilines is 1. The van der Waals surface area contributed by atoms with E-state index in [-0.39, 0.29) is 0 Å². The lowest BCUT2D eigenvalue weighted by Gasteiger charge is -2.05. The molecule has 1 rings (SSSR count). The van der Waals surface area contributed by atoms with E-state index in [1.54, 1.807) is 12.1 Å². The van der Waals surface area contributed by atoms with E-state index in [1.165, 1.54) is 6.07 Å². The molecule has 5 nitrogen and oxygen atoms in total. The van der Waals surface area contributed by atoms with Crippen LogP contribution in [0.5, 0.6) is 5.75 Å². The summed E-state index contributed by atoms with van der Waals surface area (Å²) in [6, 6.07) is 4.68. The van der Waals surface area contributed by atoms with E-state index in [9.17, 15) is 4.91 Å². The lowest BCUT2D eigenvalue weighted by Crippen LogP contribution is -1.95. The lowest BCUT2D eigenvalue weighted by molar-refractivity contribution is 0.342. The standard InChI is InChI=1S/C8H10N2O2.CH4O/c1-2-12-8-4-3-6(10-11)5-7(8)9;1-2/h3-5H,2,9H2,1H3;2H,1H3. The van der Waals surface area contributed by atoms with Crippen molar-refractivity contribution in [1.82, 2.24) is 0 Å². The second-order valence-electron chi connectivity index (χ2n) is 2.25. The number of benzene rings is 1. The van der Waals surface area contributed by atoms with Crippen molar-refractivity contribution in [3.05, 3.63) is 23.1 Å². The molecule has 1 aromatic rings. The number of rotatable bonds is 3. The predicted molar refractivity (Wildman–Crippen MR) is 55.6 cm³/mol. The number of nitroso groups, excluding NO2 is 1. The first kappa shape index (κ1) is 12.4. The van der Waals surface area contributed by atoms with E-state index in [4.69, 9.17) is 15.6 Å². The van der Waals surface area contributed by atoms with Gasteiger partial charge in [0, 0.05) is 7.11 Å². The van der Waals surface area contributed by atoms with Gasteiger partial charge in [-0.15, -0.1) is 4.91 Å². The zero-order valence-corrected chi connectivity index (χ0v) is 8.23. The van der Waals surface area contributed by atoms with Crippen molar-refractivity contribution < 1.29 is 9.84 Å². The number of hydrogen-bond donors (Lipinski definition) is 2. The van der Waals surface area contributed by atoms with Crippen LogP contribution < -0.4 is 10.5 Å². The van der Waals surface area contributed by atoms with Gasteiger partial charge in [0.15, 0.2) is 0 Å². The molecule has 0 aliphatic heterocycles. The fourth-order valence-electron chi connectivity index (χ4n) is 0.880. The monoisotopic (exact) mass is 198 g/mol. The minimum Gasteiger partial charge on any atom is -0.492 e. The fraction of sp³-hybridized carbons (Fsp3) is 0.333. The van der Waals surface area contributed by atoms with Gasteiger partial charge in [-0.3, -0.25) is 0 Å². The van der Waals surface area contributed by atoms with Crippen LogP contribution in [0.4, 0.5) is 11.4 Å². The molecule has 5 heteroatoms. The Bertz CT molecular complexity index is 289. The van der Waals surface area contributed by atoms with E-state index in [1.807, 2.05) is 6.92 Å². The smallest absolute Gasteiger partial charge is 0.142 e. The summed E-state index contributed by atoms with van der Waals surface area (Å²) in [5, 5.41) is 9.75. The summed E-state index contributed by atoms with van der Waals surface area (Å²) < 4.78 is 5.17. The van der Waals surface area contributed by atoms with Crippen LogP contribution in [-0.4, -0.2) is 18.8 Å². The molecule has 3 N–H and O–H groups in total. The molecule has 0 spiro atoms. The molecular weight excluding hydrogens is 184 g/mol. The summed E-state index contributed by atoms with van der Waals surface area (Å²) >= 11 is 0. The Morgan fingerprint density at radius 1 is 1.50 bits per heavy atom. The zero-order valence-electron chi connectivity index (χ0n) is 8.23. The maximum absolute atomic E-state index is 10.1. The van der Waals surface area contributed by atoms with Crippen molar-refractivity contribution >= 4 is 11.4 Å².